The Morgan fingerprint density at radius 3 is 2.67 bits per heavy atom. The Kier molecular flexibility index (Phi) is 7.04. The highest BCUT2D eigenvalue weighted by Crippen LogP contribution is 2.30. The molecule has 0 bridgehead atoms. The number of fused-ring (bicyclic) bond motifs is 1. The van der Waals surface area contributed by atoms with Gasteiger partial charge in [-0.25, -0.2) is 0 Å². The quantitative estimate of drug-likeness (QED) is 0.661. The first-order valence-corrected chi connectivity index (χ1v) is 12.3. The summed E-state index contributed by atoms with van der Waals surface area (Å²) >= 11 is 0. The van der Waals surface area contributed by atoms with Gasteiger partial charge in [0, 0.05) is 30.3 Å². The molecule has 176 valence electrons. The number of nitrogens with zero attached hydrogens (tertiary/aromatic N) is 4. The number of amides is 1. The molecule has 3 atom stereocenters. The zero-order valence-electron chi connectivity index (χ0n) is 19.7. The molecule has 1 unspecified atom stereocenters. The van der Waals surface area contributed by atoms with Crippen LogP contribution in [0.3, 0.4) is 0 Å². The summed E-state index contributed by atoms with van der Waals surface area (Å²) in [5.74, 6) is -0.716. The molecular weight excluding hydrogens is 416 g/mol. The van der Waals surface area contributed by atoms with Crippen LogP contribution >= 0.6 is 0 Å². The number of nitriles is 1. The third-order valence-corrected chi connectivity index (χ3v) is 7.48. The maximum atomic E-state index is 13.5. The van der Waals surface area contributed by atoms with Gasteiger partial charge in [-0.3, -0.25) is 14.5 Å². The third kappa shape index (κ3) is 4.49. The van der Waals surface area contributed by atoms with E-state index in [1.807, 2.05) is 34.9 Å². The SMILES string of the molecule is CCC(C(=O)O)N1CCC[C@@H]1C(=O)N1CCC[C@H]1CCc1cc2ccc(C#N)cc2n1CC. The Morgan fingerprint density at radius 1 is 1.18 bits per heavy atom. The molecule has 1 aromatic heterocycles. The van der Waals surface area contributed by atoms with Crippen molar-refractivity contribution in [2.75, 3.05) is 13.1 Å². The van der Waals surface area contributed by atoms with Crippen molar-refractivity contribution in [2.24, 2.45) is 0 Å². The minimum atomic E-state index is -0.831. The van der Waals surface area contributed by atoms with E-state index in [4.69, 9.17) is 0 Å². The normalized spacial score (nSPS) is 22.0. The molecule has 7 heteroatoms. The maximum absolute atomic E-state index is 13.5. The van der Waals surface area contributed by atoms with E-state index in [1.54, 1.807) is 0 Å². The Morgan fingerprint density at radius 2 is 1.97 bits per heavy atom. The van der Waals surface area contributed by atoms with Crippen molar-refractivity contribution in [1.82, 2.24) is 14.4 Å². The Bertz CT molecular complexity index is 1070. The first-order valence-electron chi connectivity index (χ1n) is 12.3. The van der Waals surface area contributed by atoms with Crippen LogP contribution in [0, 0.1) is 11.3 Å². The lowest BCUT2D eigenvalue weighted by Crippen LogP contribution is -2.52. The van der Waals surface area contributed by atoms with Crippen molar-refractivity contribution >= 4 is 22.8 Å². The second kappa shape index (κ2) is 9.96. The van der Waals surface area contributed by atoms with E-state index >= 15 is 0 Å². The topological polar surface area (TPSA) is 89.6 Å². The number of carboxylic acids is 1. The standard InChI is InChI=1S/C26H34N4O3/c1-3-22(26(32)33)30-14-6-8-23(30)25(31)29-13-5-7-20(29)11-12-21-16-19-10-9-18(17-27)15-24(19)28(21)4-2/h9-10,15-16,20,22-23H,3-8,11-14H2,1-2H3,(H,32,33)/t20-,22?,23+/m0/s1. The number of aryl methyl sites for hydroxylation is 2. The number of aliphatic carboxylic acids is 1. The highest BCUT2D eigenvalue weighted by Gasteiger charge is 2.41. The number of benzene rings is 1. The average molecular weight is 451 g/mol. The van der Waals surface area contributed by atoms with Gasteiger partial charge in [0.2, 0.25) is 5.91 Å². The number of rotatable bonds is 8. The summed E-state index contributed by atoms with van der Waals surface area (Å²) in [6.45, 7) is 6.28. The molecule has 2 fully saturated rings. The van der Waals surface area contributed by atoms with Crippen LogP contribution in [0.1, 0.15) is 63.6 Å². The molecule has 4 rings (SSSR count). The molecule has 0 saturated carbocycles. The van der Waals surface area contributed by atoms with Gasteiger partial charge in [0.1, 0.15) is 6.04 Å². The minimum Gasteiger partial charge on any atom is -0.480 e. The molecule has 2 saturated heterocycles. The van der Waals surface area contributed by atoms with Crippen molar-refractivity contribution in [2.45, 2.75) is 83.5 Å². The van der Waals surface area contributed by atoms with Gasteiger partial charge in [0.25, 0.3) is 0 Å². The summed E-state index contributed by atoms with van der Waals surface area (Å²) in [4.78, 5) is 29.2. The summed E-state index contributed by atoms with van der Waals surface area (Å²) in [6, 6.07) is 9.56. The average Bonchev–Trinajstić information content (AvgIpc) is 3.55. The molecule has 2 aromatic rings. The van der Waals surface area contributed by atoms with Crippen LogP contribution in [0.5, 0.6) is 0 Å². The Balaban J connectivity index is 1.48. The lowest BCUT2D eigenvalue weighted by molar-refractivity contribution is -0.146. The van der Waals surface area contributed by atoms with E-state index in [0.29, 0.717) is 18.5 Å². The molecule has 0 aliphatic carbocycles. The van der Waals surface area contributed by atoms with Crippen molar-refractivity contribution < 1.29 is 14.7 Å². The lowest BCUT2D eigenvalue weighted by atomic mass is 10.1. The third-order valence-electron chi connectivity index (χ3n) is 7.48. The first kappa shape index (κ1) is 23.3. The summed E-state index contributed by atoms with van der Waals surface area (Å²) in [6.07, 6.45) is 5.91. The van der Waals surface area contributed by atoms with Crippen molar-refractivity contribution in [3.05, 3.63) is 35.5 Å². The van der Waals surface area contributed by atoms with Crippen LogP contribution in [-0.2, 0) is 22.6 Å². The van der Waals surface area contributed by atoms with Gasteiger partial charge in [0.15, 0.2) is 0 Å². The zero-order chi connectivity index (χ0) is 23.5. The fourth-order valence-electron chi connectivity index (χ4n) is 5.87. The first-order chi connectivity index (χ1) is 16.0. The van der Waals surface area contributed by atoms with Crippen LogP contribution in [0.15, 0.2) is 24.3 Å². The molecule has 2 aliphatic rings. The molecule has 1 N–H and O–H groups in total. The second-order valence-corrected chi connectivity index (χ2v) is 9.29. The number of hydrogen-bond acceptors (Lipinski definition) is 4. The number of carbonyl (C=O) groups is 2. The molecule has 0 spiro atoms. The van der Waals surface area contributed by atoms with Crippen molar-refractivity contribution in [3.63, 3.8) is 0 Å². The summed E-state index contributed by atoms with van der Waals surface area (Å²) < 4.78 is 2.27. The minimum absolute atomic E-state index is 0.115. The number of carbonyl (C=O) groups excluding carboxylic acids is 1. The van der Waals surface area contributed by atoms with Crippen LogP contribution < -0.4 is 0 Å². The van der Waals surface area contributed by atoms with Gasteiger partial charge >= 0.3 is 5.97 Å². The van der Waals surface area contributed by atoms with Gasteiger partial charge in [-0.15, -0.1) is 0 Å². The molecule has 1 amide bonds. The predicted molar refractivity (Wildman–Crippen MR) is 127 cm³/mol. The maximum Gasteiger partial charge on any atom is 0.320 e. The van der Waals surface area contributed by atoms with E-state index in [1.165, 1.54) is 5.69 Å². The van der Waals surface area contributed by atoms with E-state index in [9.17, 15) is 20.0 Å². The highest BCUT2D eigenvalue weighted by molar-refractivity contribution is 5.84. The molecule has 33 heavy (non-hydrogen) atoms. The van der Waals surface area contributed by atoms with Gasteiger partial charge in [0.05, 0.1) is 17.7 Å². The van der Waals surface area contributed by atoms with Crippen LogP contribution in [-0.4, -0.2) is 62.6 Å². The fraction of sp³-hybridized carbons (Fsp3) is 0.577. The monoisotopic (exact) mass is 450 g/mol. The Hall–Kier alpha value is -2.85. The van der Waals surface area contributed by atoms with Gasteiger partial charge in [-0.1, -0.05) is 13.0 Å². The number of carboxylic acid groups (broad SMARTS) is 1. The molecule has 0 radical (unpaired) electrons. The van der Waals surface area contributed by atoms with Crippen molar-refractivity contribution in [3.8, 4) is 6.07 Å². The highest BCUT2D eigenvalue weighted by atomic mass is 16.4. The largest absolute Gasteiger partial charge is 0.480 e. The smallest absolute Gasteiger partial charge is 0.320 e. The van der Waals surface area contributed by atoms with E-state index in [-0.39, 0.29) is 18.0 Å². The Labute approximate surface area is 195 Å². The van der Waals surface area contributed by atoms with E-state index in [0.717, 1.165) is 62.5 Å². The van der Waals surface area contributed by atoms with E-state index in [2.05, 4.69) is 23.6 Å². The second-order valence-electron chi connectivity index (χ2n) is 9.29. The number of hydrogen-bond donors (Lipinski definition) is 1. The fourth-order valence-corrected chi connectivity index (χ4v) is 5.87. The summed E-state index contributed by atoms with van der Waals surface area (Å²) in [5.41, 5.74) is 3.00. The zero-order valence-corrected chi connectivity index (χ0v) is 19.7. The predicted octanol–water partition coefficient (Wildman–Crippen LogP) is 3.78. The summed E-state index contributed by atoms with van der Waals surface area (Å²) in [7, 11) is 0. The number of likely N-dealkylation sites (tertiary alicyclic amines) is 2. The van der Waals surface area contributed by atoms with E-state index < -0.39 is 12.0 Å². The molecular formula is C26H34N4O3. The molecule has 3 heterocycles. The molecule has 1 aromatic carbocycles. The van der Waals surface area contributed by atoms with Crippen LogP contribution in [0.25, 0.3) is 10.9 Å². The number of aromatic nitrogens is 1. The summed E-state index contributed by atoms with van der Waals surface area (Å²) in [5, 5.41) is 20.0. The van der Waals surface area contributed by atoms with Crippen molar-refractivity contribution in [1.29, 1.82) is 5.26 Å². The lowest BCUT2D eigenvalue weighted by Gasteiger charge is -2.34. The van der Waals surface area contributed by atoms with Crippen LogP contribution in [0.4, 0.5) is 0 Å². The molecule has 7 nitrogen and oxygen atoms in total. The van der Waals surface area contributed by atoms with Crippen LogP contribution in [0.2, 0.25) is 0 Å². The van der Waals surface area contributed by atoms with Gasteiger partial charge < -0.3 is 14.6 Å². The van der Waals surface area contributed by atoms with Gasteiger partial charge in [-0.05, 0) is 82.0 Å². The van der Waals surface area contributed by atoms with Gasteiger partial charge in [-0.2, -0.15) is 5.26 Å². The molecule has 2 aliphatic heterocycles.